The molecule has 3 aliphatic rings. The Labute approximate surface area is 198 Å². The van der Waals surface area contributed by atoms with E-state index < -0.39 is 16.8 Å². The van der Waals surface area contributed by atoms with E-state index in [2.05, 4.69) is 12.2 Å². The van der Waals surface area contributed by atoms with Gasteiger partial charge >= 0.3 is 5.97 Å². The number of esters is 1. The third-order valence-electron chi connectivity index (χ3n) is 6.47. The molecule has 0 radical (unpaired) electrons. The molecule has 0 saturated heterocycles. The molecule has 2 heterocycles. The van der Waals surface area contributed by atoms with Crippen LogP contribution in [0.5, 0.6) is 11.5 Å². The van der Waals surface area contributed by atoms with Gasteiger partial charge in [0.2, 0.25) is 6.79 Å². The number of nitro benzene ring substituents is 1. The monoisotopic (exact) mass is 470 g/mol. The van der Waals surface area contributed by atoms with Gasteiger partial charge in [-0.25, -0.2) is 4.79 Å². The number of benzene rings is 1. The Morgan fingerprint density at radius 2 is 1.94 bits per heavy atom. The standard InChI is InChI=1S/C25H30N2O7/c1-5-6-7-8-32-24(29)21-14(2)26-16-11-25(3,4)12-18(28)23(16)22(21)15-9-19-20(34-13-33-19)10-17(15)27(30)31/h9-10,22,26H,5-8,11-13H2,1-4H3/t22-/m0/s1. The second kappa shape index (κ2) is 9.12. The molecular formula is C25H30N2O7. The van der Waals surface area contributed by atoms with Crippen LogP contribution in [-0.2, 0) is 14.3 Å². The molecule has 0 aromatic heterocycles. The number of fused-ring (bicyclic) bond motifs is 1. The molecule has 0 fully saturated rings. The zero-order valence-electron chi connectivity index (χ0n) is 20.0. The highest BCUT2D eigenvalue weighted by Crippen LogP contribution is 2.50. The van der Waals surface area contributed by atoms with Crippen LogP contribution in [0.25, 0.3) is 0 Å². The van der Waals surface area contributed by atoms with Crippen molar-refractivity contribution in [3.63, 3.8) is 0 Å². The van der Waals surface area contributed by atoms with Crippen molar-refractivity contribution in [3.8, 4) is 11.5 Å². The molecule has 0 amide bonds. The molecule has 182 valence electrons. The maximum Gasteiger partial charge on any atom is 0.336 e. The van der Waals surface area contributed by atoms with Crippen LogP contribution < -0.4 is 14.8 Å². The molecule has 4 rings (SSSR count). The van der Waals surface area contributed by atoms with Crippen molar-refractivity contribution >= 4 is 17.4 Å². The second-order valence-electron chi connectivity index (χ2n) is 9.79. The molecule has 1 aromatic rings. The van der Waals surface area contributed by atoms with Crippen molar-refractivity contribution in [2.75, 3.05) is 13.4 Å². The topological polar surface area (TPSA) is 117 Å². The van der Waals surface area contributed by atoms with Gasteiger partial charge in [0.25, 0.3) is 5.69 Å². The predicted molar refractivity (Wildman–Crippen MR) is 123 cm³/mol. The molecule has 0 unspecified atom stereocenters. The maximum absolute atomic E-state index is 13.4. The Kier molecular flexibility index (Phi) is 6.38. The minimum Gasteiger partial charge on any atom is -0.462 e. The highest BCUT2D eigenvalue weighted by atomic mass is 16.7. The van der Waals surface area contributed by atoms with E-state index in [-0.39, 0.29) is 53.6 Å². The molecule has 1 aromatic carbocycles. The lowest BCUT2D eigenvalue weighted by Gasteiger charge is -2.39. The number of ether oxygens (including phenoxy) is 3. The van der Waals surface area contributed by atoms with Crippen molar-refractivity contribution in [1.29, 1.82) is 0 Å². The summed E-state index contributed by atoms with van der Waals surface area (Å²) in [7, 11) is 0. The van der Waals surface area contributed by atoms with Crippen molar-refractivity contribution in [1.82, 2.24) is 5.32 Å². The first-order valence-corrected chi connectivity index (χ1v) is 11.6. The first-order valence-electron chi connectivity index (χ1n) is 11.6. The second-order valence-corrected chi connectivity index (χ2v) is 9.79. The molecule has 9 heteroatoms. The van der Waals surface area contributed by atoms with Gasteiger partial charge in [-0.2, -0.15) is 0 Å². The van der Waals surface area contributed by atoms with Crippen LogP contribution >= 0.6 is 0 Å². The van der Waals surface area contributed by atoms with Crippen molar-refractivity contribution in [2.24, 2.45) is 5.41 Å². The summed E-state index contributed by atoms with van der Waals surface area (Å²) < 4.78 is 16.4. The number of hydrogen-bond acceptors (Lipinski definition) is 8. The number of ketones is 1. The van der Waals surface area contributed by atoms with Gasteiger partial charge in [0.15, 0.2) is 17.3 Å². The lowest BCUT2D eigenvalue weighted by molar-refractivity contribution is -0.385. The molecule has 0 spiro atoms. The van der Waals surface area contributed by atoms with Crippen LogP contribution in [0.2, 0.25) is 0 Å². The minimum absolute atomic E-state index is 0.0512. The largest absolute Gasteiger partial charge is 0.462 e. The molecule has 34 heavy (non-hydrogen) atoms. The Morgan fingerprint density at radius 1 is 1.24 bits per heavy atom. The van der Waals surface area contributed by atoms with Gasteiger partial charge in [-0.1, -0.05) is 33.6 Å². The number of rotatable bonds is 7. The number of nitro groups is 1. The first kappa shape index (κ1) is 23.8. The number of nitrogens with one attached hydrogen (secondary N) is 1. The van der Waals surface area contributed by atoms with E-state index in [4.69, 9.17) is 14.2 Å². The fourth-order valence-electron chi connectivity index (χ4n) is 4.95. The average Bonchev–Trinajstić information content (AvgIpc) is 3.21. The van der Waals surface area contributed by atoms with E-state index in [9.17, 15) is 19.7 Å². The molecule has 0 saturated carbocycles. The first-order chi connectivity index (χ1) is 16.1. The van der Waals surface area contributed by atoms with Crippen LogP contribution in [-0.4, -0.2) is 30.1 Å². The van der Waals surface area contributed by atoms with Gasteiger partial charge in [0, 0.05) is 29.0 Å². The summed E-state index contributed by atoms with van der Waals surface area (Å²) in [6, 6.07) is 2.82. The van der Waals surface area contributed by atoms with E-state index in [1.165, 1.54) is 12.1 Å². The van der Waals surface area contributed by atoms with Crippen LogP contribution in [0, 0.1) is 15.5 Å². The minimum atomic E-state index is -0.937. The molecule has 9 nitrogen and oxygen atoms in total. The fraction of sp³-hybridized carbons (Fsp3) is 0.520. The SMILES string of the molecule is CCCCCOC(=O)C1=C(C)NC2=C(C(=O)CC(C)(C)C2)[C@H]1c1cc2c(cc1[N+](=O)[O-])OCO2. The number of allylic oxidation sites excluding steroid dienone is 3. The zero-order chi connectivity index (χ0) is 24.6. The predicted octanol–water partition coefficient (Wildman–Crippen LogP) is 4.66. The van der Waals surface area contributed by atoms with E-state index in [1.54, 1.807) is 6.92 Å². The number of dihydropyridines is 1. The summed E-state index contributed by atoms with van der Waals surface area (Å²) in [4.78, 5) is 38.3. The van der Waals surface area contributed by atoms with E-state index in [0.717, 1.165) is 19.3 Å². The molecule has 0 bridgehead atoms. The third-order valence-corrected chi connectivity index (χ3v) is 6.47. The van der Waals surface area contributed by atoms with Gasteiger partial charge in [-0.3, -0.25) is 14.9 Å². The van der Waals surface area contributed by atoms with Gasteiger partial charge in [-0.15, -0.1) is 0 Å². The Bertz CT molecular complexity index is 1120. The van der Waals surface area contributed by atoms with Crippen molar-refractivity contribution < 1.29 is 28.7 Å². The van der Waals surface area contributed by atoms with E-state index in [0.29, 0.717) is 29.1 Å². The number of Topliss-reactive ketones (excluding diaryl/α,β-unsaturated/α-hetero) is 1. The van der Waals surface area contributed by atoms with Crippen LogP contribution in [0.3, 0.4) is 0 Å². The summed E-state index contributed by atoms with van der Waals surface area (Å²) >= 11 is 0. The van der Waals surface area contributed by atoms with Crippen LogP contribution in [0.1, 0.15) is 71.3 Å². The highest BCUT2D eigenvalue weighted by Gasteiger charge is 2.45. The third kappa shape index (κ3) is 4.38. The summed E-state index contributed by atoms with van der Waals surface area (Å²) in [5.41, 5.74) is 1.53. The van der Waals surface area contributed by atoms with E-state index in [1.807, 2.05) is 13.8 Å². The number of hydrogen-bond donors (Lipinski definition) is 1. The van der Waals surface area contributed by atoms with Crippen LogP contribution in [0.15, 0.2) is 34.7 Å². The number of carbonyl (C=O) groups excluding carboxylic acids is 2. The van der Waals surface area contributed by atoms with E-state index >= 15 is 0 Å². The van der Waals surface area contributed by atoms with Crippen molar-refractivity contribution in [3.05, 3.63) is 50.4 Å². The number of unbranched alkanes of at least 4 members (excludes halogenated alkanes) is 2. The number of nitrogens with zero attached hydrogens (tertiary/aromatic N) is 1. The van der Waals surface area contributed by atoms with Crippen LogP contribution in [0.4, 0.5) is 5.69 Å². The summed E-state index contributed by atoms with van der Waals surface area (Å²) in [6.45, 7) is 8.00. The Hall–Kier alpha value is -3.36. The fourth-order valence-corrected chi connectivity index (χ4v) is 4.95. The smallest absolute Gasteiger partial charge is 0.336 e. The molecule has 1 aliphatic carbocycles. The van der Waals surface area contributed by atoms with Gasteiger partial charge in [0.05, 0.1) is 29.1 Å². The Balaban J connectivity index is 1.86. The molecule has 1 atom stereocenters. The summed E-state index contributed by atoms with van der Waals surface area (Å²) in [5.74, 6) is -1.05. The summed E-state index contributed by atoms with van der Waals surface area (Å²) in [5, 5.41) is 15.3. The van der Waals surface area contributed by atoms with Gasteiger partial charge < -0.3 is 19.5 Å². The summed E-state index contributed by atoms with van der Waals surface area (Å²) in [6.07, 6.45) is 3.48. The zero-order valence-corrected chi connectivity index (χ0v) is 20.0. The normalized spacial score (nSPS) is 20.7. The molecule has 2 aliphatic heterocycles. The molecular weight excluding hydrogens is 440 g/mol. The van der Waals surface area contributed by atoms with Gasteiger partial charge in [0.1, 0.15) is 0 Å². The average molecular weight is 471 g/mol. The quantitative estimate of drug-likeness (QED) is 0.265. The highest BCUT2D eigenvalue weighted by molar-refractivity contribution is 6.04. The Morgan fingerprint density at radius 3 is 2.62 bits per heavy atom. The van der Waals surface area contributed by atoms with Crippen molar-refractivity contribution in [2.45, 2.75) is 65.7 Å². The number of carbonyl (C=O) groups is 2. The van der Waals surface area contributed by atoms with Gasteiger partial charge in [-0.05, 0) is 31.2 Å². The maximum atomic E-state index is 13.4. The molecule has 1 N–H and O–H groups in total. The lowest BCUT2D eigenvalue weighted by atomic mass is 9.68. The lowest BCUT2D eigenvalue weighted by Crippen LogP contribution is -2.38.